The average molecular weight is 499 g/mol. The zero-order chi connectivity index (χ0) is 25.3. The molecule has 1 aromatic heterocycles. The molecule has 188 valence electrons. The standard InChI is InChI=1S/C19H19F6N3O6/c20-18(21,22)15(19(23,24)25)34-16(32)28-5-3-17(4-6-28)7-11(17)14(31)27-10-1-2-12(26-8-10)33-9-13(29)30/h1-2,8,11,15H,3-7,9H2,(H,27,31)(H,29,30)/t11-/m1/s1. The predicted octanol–water partition coefficient (Wildman–Crippen LogP) is 3.22. The summed E-state index contributed by atoms with van der Waals surface area (Å²) in [6.45, 7) is -0.884. The first-order valence-corrected chi connectivity index (χ1v) is 9.92. The van der Waals surface area contributed by atoms with Gasteiger partial charge in [0.25, 0.3) is 6.10 Å². The smallest absolute Gasteiger partial charge is 0.434 e. The molecule has 1 aliphatic heterocycles. The Kier molecular flexibility index (Phi) is 6.85. The highest BCUT2D eigenvalue weighted by Gasteiger charge is 2.61. The number of nitrogens with zero attached hydrogens (tertiary/aromatic N) is 2. The molecule has 1 saturated carbocycles. The second-order valence-electron chi connectivity index (χ2n) is 8.01. The molecule has 2 aliphatic rings. The molecule has 1 aromatic rings. The predicted molar refractivity (Wildman–Crippen MR) is 99.7 cm³/mol. The van der Waals surface area contributed by atoms with Crippen molar-refractivity contribution < 1.29 is 55.3 Å². The molecule has 9 nitrogen and oxygen atoms in total. The van der Waals surface area contributed by atoms with Crippen LogP contribution in [0.25, 0.3) is 0 Å². The van der Waals surface area contributed by atoms with E-state index in [2.05, 4.69) is 15.0 Å². The van der Waals surface area contributed by atoms with Crippen molar-refractivity contribution in [3.63, 3.8) is 0 Å². The zero-order valence-electron chi connectivity index (χ0n) is 17.3. The number of carboxylic acids is 1. The molecule has 1 saturated heterocycles. The average Bonchev–Trinajstić information content (AvgIpc) is 3.43. The third-order valence-electron chi connectivity index (χ3n) is 5.68. The van der Waals surface area contributed by atoms with Gasteiger partial charge in [0, 0.05) is 25.1 Å². The fourth-order valence-corrected chi connectivity index (χ4v) is 3.80. The number of hydrogen-bond donors (Lipinski definition) is 2. The van der Waals surface area contributed by atoms with Crippen molar-refractivity contribution in [3.8, 4) is 5.88 Å². The Balaban J connectivity index is 1.49. The summed E-state index contributed by atoms with van der Waals surface area (Å²) >= 11 is 0. The minimum atomic E-state index is -5.79. The number of pyridine rings is 1. The first-order valence-electron chi connectivity index (χ1n) is 9.92. The number of piperidine rings is 1. The van der Waals surface area contributed by atoms with E-state index in [0.717, 1.165) is 4.90 Å². The van der Waals surface area contributed by atoms with Gasteiger partial charge in [0.15, 0.2) is 6.61 Å². The number of halogens is 6. The number of rotatable bonds is 6. The minimum Gasteiger partial charge on any atom is -0.479 e. The number of ether oxygens (including phenoxy) is 2. The molecule has 0 bridgehead atoms. The molecule has 3 rings (SSSR count). The lowest BCUT2D eigenvalue weighted by Crippen LogP contribution is -2.49. The number of alkyl halides is 6. The Labute approximate surface area is 188 Å². The Morgan fingerprint density at radius 3 is 2.26 bits per heavy atom. The van der Waals surface area contributed by atoms with Gasteiger partial charge >= 0.3 is 24.4 Å². The van der Waals surface area contributed by atoms with Gasteiger partial charge in [-0.3, -0.25) is 4.79 Å². The summed E-state index contributed by atoms with van der Waals surface area (Å²) < 4.78 is 84.1. The SMILES string of the molecule is O=C(O)COc1ccc(NC(=O)[C@H]2CC23CCN(C(=O)OC(C(F)(F)F)C(F)(F)F)CC3)cn1. The second kappa shape index (κ2) is 9.18. The first-order chi connectivity index (χ1) is 15.7. The maximum absolute atomic E-state index is 12.6. The van der Waals surface area contributed by atoms with Crippen LogP contribution in [-0.4, -0.2) is 71.1 Å². The molecule has 2 amide bonds. The normalized spacial score (nSPS) is 19.6. The molecule has 1 aliphatic carbocycles. The Morgan fingerprint density at radius 2 is 1.76 bits per heavy atom. The number of carbonyl (C=O) groups is 3. The number of likely N-dealkylation sites (tertiary alicyclic amines) is 1. The van der Waals surface area contributed by atoms with Crippen molar-refractivity contribution >= 4 is 23.7 Å². The van der Waals surface area contributed by atoms with E-state index >= 15 is 0 Å². The van der Waals surface area contributed by atoms with Gasteiger partial charge in [-0.15, -0.1) is 0 Å². The number of carbonyl (C=O) groups excluding carboxylic acids is 2. The molecule has 34 heavy (non-hydrogen) atoms. The molecular formula is C19H19F6N3O6. The summed E-state index contributed by atoms with van der Waals surface area (Å²) in [5.41, 5.74) is -0.187. The first kappa shape index (κ1) is 25.4. The van der Waals surface area contributed by atoms with Crippen LogP contribution in [0.5, 0.6) is 5.88 Å². The van der Waals surface area contributed by atoms with E-state index in [0.29, 0.717) is 12.1 Å². The van der Waals surface area contributed by atoms with Gasteiger partial charge in [-0.25, -0.2) is 14.6 Å². The lowest BCUT2D eigenvalue weighted by atomic mass is 9.91. The van der Waals surface area contributed by atoms with E-state index in [-0.39, 0.29) is 37.7 Å². The Morgan fingerprint density at radius 1 is 1.15 bits per heavy atom. The van der Waals surface area contributed by atoms with E-state index in [1.807, 2.05) is 0 Å². The number of aromatic nitrogens is 1. The van der Waals surface area contributed by atoms with Crippen molar-refractivity contribution in [2.75, 3.05) is 25.0 Å². The molecule has 0 aromatic carbocycles. The quantitative estimate of drug-likeness (QED) is 0.577. The molecule has 1 spiro atoms. The van der Waals surface area contributed by atoms with Gasteiger partial charge < -0.3 is 24.8 Å². The molecular weight excluding hydrogens is 480 g/mol. The number of anilines is 1. The zero-order valence-corrected chi connectivity index (χ0v) is 17.3. The molecule has 2 N–H and O–H groups in total. The van der Waals surface area contributed by atoms with Crippen molar-refractivity contribution in [2.24, 2.45) is 11.3 Å². The Hall–Kier alpha value is -3.26. The van der Waals surface area contributed by atoms with Gasteiger partial charge in [0.05, 0.1) is 11.9 Å². The number of hydrogen-bond acceptors (Lipinski definition) is 6. The summed E-state index contributed by atoms with van der Waals surface area (Å²) in [6.07, 6.45) is -15.4. The highest BCUT2D eigenvalue weighted by Crippen LogP contribution is 2.59. The van der Waals surface area contributed by atoms with Crippen LogP contribution in [0.1, 0.15) is 19.3 Å². The number of aliphatic carboxylic acids is 1. The van der Waals surface area contributed by atoms with Crippen LogP contribution < -0.4 is 10.1 Å². The van der Waals surface area contributed by atoms with Crippen molar-refractivity contribution in [2.45, 2.75) is 37.7 Å². The topological polar surface area (TPSA) is 118 Å². The fraction of sp³-hybridized carbons (Fsp3) is 0.579. The maximum atomic E-state index is 12.6. The van der Waals surface area contributed by atoms with Crippen LogP contribution in [0, 0.1) is 11.3 Å². The van der Waals surface area contributed by atoms with Crippen molar-refractivity contribution in [1.82, 2.24) is 9.88 Å². The van der Waals surface area contributed by atoms with Crippen molar-refractivity contribution in [1.29, 1.82) is 0 Å². The van der Waals surface area contributed by atoms with E-state index < -0.39 is 48.5 Å². The second-order valence-corrected chi connectivity index (χ2v) is 8.01. The van der Waals surface area contributed by atoms with Crippen LogP contribution >= 0.6 is 0 Å². The highest BCUT2D eigenvalue weighted by atomic mass is 19.4. The van der Waals surface area contributed by atoms with Gasteiger partial charge in [0.2, 0.25) is 11.8 Å². The molecule has 0 radical (unpaired) electrons. The summed E-state index contributed by atoms with van der Waals surface area (Å²) in [6, 6.07) is 2.81. The Bertz CT molecular complexity index is 914. The number of nitrogens with one attached hydrogen (secondary N) is 1. The highest BCUT2D eigenvalue weighted by molar-refractivity contribution is 5.95. The summed E-state index contributed by atoms with van der Waals surface area (Å²) in [5.74, 6) is -1.95. The van der Waals surface area contributed by atoms with Crippen LogP contribution in [0.4, 0.5) is 36.8 Å². The maximum Gasteiger partial charge on any atom is 0.434 e. The lowest BCUT2D eigenvalue weighted by molar-refractivity contribution is -0.308. The third kappa shape index (κ3) is 5.99. The monoisotopic (exact) mass is 499 g/mol. The largest absolute Gasteiger partial charge is 0.479 e. The van der Waals surface area contributed by atoms with Gasteiger partial charge in [-0.1, -0.05) is 0 Å². The van der Waals surface area contributed by atoms with Crippen LogP contribution in [0.2, 0.25) is 0 Å². The molecule has 1 atom stereocenters. The third-order valence-corrected chi connectivity index (χ3v) is 5.68. The van der Waals surface area contributed by atoms with Gasteiger partial charge in [-0.2, -0.15) is 26.3 Å². The van der Waals surface area contributed by atoms with E-state index in [1.165, 1.54) is 18.3 Å². The molecule has 2 heterocycles. The summed E-state index contributed by atoms with van der Waals surface area (Å²) in [4.78, 5) is 39.5. The minimum absolute atomic E-state index is 0.0424. The van der Waals surface area contributed by atoms with E-state index in [1.54, 1.807) is 0 Å². The summed E-state index contributed by atoms with van der Waals surface area (Å²) in [5, 5.41) is 11.2. The fourth-order valence-electron chi connectivity index (χ4n) is 3.80. The summed E-state index contributed by atoms with van der Waals surface area (Å²) in [7, 11) is 0. The lowest BCUT2D eigenvalue weighted by Gasteiger charge is -2.33. The molecule has 15 heteroatoms. The van der Waals surface area contributed by atoms with Crippen LogP contribution in [0.15, 0.2) is 18.3 Å². The van der Waals surface area contributed by atoms with Gasteiger partial charge in [0.1, 0.15) is 0 Å². The van der Waals surface area contributed by atoms with E-state index in [4.69, 9.17) is 9.84 Å². The number of carboxylic acid groups (broad SMARTS) is 1. The van der Waals surface area contributed by atoms with Crippen LogP contribution in [0.3, 0.4) is 0 Å². The van der Waals surface area contributed by atoms with Crippen LogP contribution in [-0.2, 0) is 14.3 Å². The van der Waals surface area contributed by atoms with E-state index in [9.17, 15) is 40.7 Å². The number of amides is 2. The van der Waals surface area contributed by atoms with Crippen molar-refractivity contribution in [3.05, 3.63) is 18.3 Å². The molecule has 0 unspecified atom stereocenters. The molecule has 2 fully saturated rings. The van der Waals surface area contributed by atoms with Gasteiger partial charge in [-0.05, 0) is 30.7 Å².